The van der Waals surface area contributed by atoms with E-state index < -0.39 is 0 Å². The van der Waals surface area contributed by atoms with Gasteiger partial charge in [-0.05, 0) is 42.2 Å². The van der Waals surface area contributed by atoms with Crippen molar-refractivity contribution >= 4 is 5.78 Å². The van der Waals surface area contributed by atoms with Crippen molar-refractivity contribution in [2.24, 2.45) is 0 Å². The van der Waals surface area contributed by atoms with Gasteiger partial charge in [-0.3, -0.25) is 9.78 Å². The SMILES string of the molecule is O=C1c2cnccc2CCc2ccc(O)cc21. The van der Waals surface area contributed by atoms with E-state index >= 15 is 0 Å². The molecule has 84 valence electrons. The number of aromatic hydroxyl groups is 1. The molecule has 0 radical (unpaired) electrons. The molecule has 1 aliphatic rings. The van der Waals surface area contributed by atoms with Crippen LogP contribution in [0.2, 0.25) is 0 Å². The van der Waals surface area contributed by atoms with Gasteiger partial charge in [0.1, 0.15) is 5.75 Å². The maximum Gasteiger partial charge on any atom is 0.195 e. The van der Waals surface area contributed by atoms with Crippen molar-refractivity contribution in [3.05, 3.63) is 58.9 Å². The lowest BCUT2D eigenvalue weighted by molar-refractivity contribution is 0.103. The fraction of sp³-hybridized carbons (Fsp3) is 0.143. The first-order valence-corrected chi connectivity index (χ1v) is 5.55. The zero-order valence-electron chi connectivity index (χ0n) is 9.18. The van der Waals surface area contributed by atoms with Crippen LogP contribution in [0.15, 0.2) is 36.7 Å². The molecule has 1 aromatic carbocycles. The Kier molecular flexibility index (Phi) is 2.18. The Morgan fingerprint density at radius 3 is 2.65 bits per heavy atom. The number of rotatable bonds is 0. The highest BCUT2D eigenvalue weighted by molar-refractivity contribution is 6.11. The fourth-order valence-corrected chi connectivity index (χ4v) is 2.25. The molecule has 2 aromatic rings. The van der Waals surface area contributed by atoms with Crippen molar-refractivity contribution < 1.29 is 9.90 Å². The molecule has 0 saturated heterocycles. The predicted octanol–water partition coefficient (Wildman–Crippen LogP) is 2.12. The van der Waals surface area contributed by atoms with E-state index in [1.807, 2.05) is 12.1 Å². The van der Waals surface area contributed by atoms with Gasteiger partial charge >= 0.3 is 0 Å². The summed E-state index contributed by atoms with van der Waals surface area (Å²) >= 11 is 0. The third-order valence-electron chi connectivity index (χ3n) is 3.16. The molecule has 0 spiro atoms. The quantitative estimate of drug-likeness (QED) is 0.747. The van der Waals surface area contributed by atoms with Gasteiger partial charge < -0.3 is 5.11 Å². The van der Waals surface area contributed by atoms with E-state index in [9.17, 15) is 9.90 Å². The van der Waals surface area contributed by atoms with E-state index in [0.29, 0.717) is 11.1 Å². The van der Waals surface area contributed by atoms with Crippen LogP contribution in [0.4, 0.5) is 0 Å². The molecule has 0 amide bonds. The maximum absolute atomic E-state index is 12.3. The van der Waals surface area contributed by atoms with Gasteiger partial charge in [0, 0.05) is 23.5 Å². The Morgan fingerprint density at radius 2 is 1.82 bits per heavy atom. The number of aryl methyl sites for hydroxylation is 2. The molecular formula is C14H11NO2. The number of hydrogen-bond acceptors (Lipinski definition) is 3. The van der Waals surface area contributed by atoms with Gasteiger partial charge in [0.15, 0.2) is 5.78 Å². The van der Waals surface area contributed by atoms with Crippen LogP contribution in [0.5, 0.6) is 5.75 Å². The molecule has 0 aliphatic heterocycles. The smallest absolute Gasteiger partial charge is 0.195 e. The number of carbonyl (C=O) groups excluding carboxylic acids is 1. The number of nitrogens with zero attached hydrogens (tertiary/aromatic N) is 1. The van der Waals surface area contributed by atoms with Gasteiger partial charge in [-0.2, -0.15) is 0 Å². The number of benzene rings is 1. The number of hydrogen-bond donors (Lipinski definition) is 1. The Hall–Kier alpha value is -2.16. The first kappa shape index (κ1) is 10.0. The second-order valence-electron chi connectivity index (χ2n) is 4.20. The average molecular weight is 225 g/mol. The Balaban J connectivity index is 2.22. The van der Waals surface area contributed by atoms with Gasteiger partial charge in [-0.25, -0.2) is 0 Å². The molecule has 1 aromatic heterocycles. The van der Waals surface area contributed by atoms with E-state index in [2.05, 4.69) is 4.98 Å². The molecule has 3 heteroatoms. The lowest BCUT2D eigenvalue weighted by Crippen LogP contribution is -2.04. The minimum Gasteiger partial charge on any atom is -0.508 e. The Bertz CT molecular complexity index is 605. The fourth-order valence-electron chi connectivity index (χ4n) is 2.25. The Morgan fingerprint density at radius 1 is 1.06 bits per heavy atom. The van der Waals surface area contributed by atoms with Crippen LogP contribution in [0, 0.1) is 0 Å². The maximum atomic E-state index is 12.3. The van der Waals surface area contributed by atoms with Crippen molar-refractivity contribution in [2.45, 2.75) is 12.8 Å². The number of phenols is 1. The molecule has 0 fully saturated rings. The van der Waals surface area contributed by atoms with Crippen LogP contribution in [0.25, 0.3) is 0 Å². The highest BCUT2D eigenvalue weighted by Gasteiger charge is 2.21. The topological polar surface area (TPSA) is 50.2 Å². The molecule has 0 atom stereocenters. The van der Waals surface area contributed by atoms with Gasteiger partial charge in [-0.1, -0.05) is 6.07 Å². The highest BCUT2D eigenvalue weighted by Crippen LogP contribution is 2.26. The first-order valence-electron chi connectivity index (χ1n) is 5.55. The summed E-state index contributed by atoms with van der Waals surface area (Å²) in [6, 6.07) is 6.88. The normalized spacial score (nSPS) is 13.8. The summed E-state index contributed by atoms with van der Waals surface area (Å²) in [4.78, 5) is 16.3. The zero-order chi connectivity index (χ0) is 11.8. The van der Waals surface area contributed by atoms with Crippen LogP contribution < -0.4 is 0 Å². The molecule has 3 rings (SSSR count). The lowest BCUT2D eigenvalue weighted by atomic mass is 10.00. The van der Waals surface area contributed by atoms with Gasteiger partial charge in [0.25, 0.3) is 0 Å². The summed E-state index contributed by atoms with van der Waals surface area (Å²) in [5.74, 6) is 0.0842. The summed E-state index contributed by atoms with van der Waals surface area (Å²) in [7, 11) is 0. The molecule has 17 heavy (non-hydrogen) atoms. The average Bonchev–Trinajstić information content (AvgIpc) is 2.49. The molecule has 0 bridgehead atoms. The van der Waals surface area contributed by atoms with Crippen molar-refractivity contribution in [2.75, 3.05) is 0 Å². The zero-order valence-corrected chi connectivity index (χ0v) is 9.18. The van der Waals surface area contributed by atoms with E-state index in [-0.39, 0.29) is 11.5 Å². The van der Waals surface area contributed by atoms with Crippen LogP contribution in [0.1, 0.15) is 27.0 Å². The summed E-state index contributed by atoms with van der Waals surface area (Å²) in [5, 5.41) is 9.48. The number of pyridine rings is 1. The van der Waals surface area contributed by atoms with Crippen LogP contribution in [-0.2, 0) is 12.8 Å². The third kappa shape index (κ3) is 1.60. The molecule has 1 aliphatic carbocycles. The molecule has 1 N–H and O–H groups in total. The molecule has 3 nitrogen and oxygen atoms in total. The van der Waals surface area contributed by atoms with Crippen LogP contribution in [-0.4, -0.2) is 15.9 Å². The van der Waals surface area contributed by atoms with Gasteiger partial charge in [-0.15, -0.1) is 0 Å². The highest BCUT2D eigenvalue weighted by atomic mass is 16.3. The van der Waals surface area contributed by atoms with Crippen molar-refractivity contribution in [3.63, 3.8) is 0 Å². The number of aromatic nitrogens is 1. The number of fused-ring (bicyclic) bond motifs is 2. The summed E-state index contributed by atoms with van der Waals surface area (Å²) < 4.78 is 0. The van der Waals surface area contributed by atoms with E-state index in [4.69, 9.17) is 0 Å². The van der Waals surface area contributed by atoms with Crippen molar-refractivity contribution in [1.82, 2.24) is 4.98 Å². The third-order valence-corrected chi connectivity index (χ3v) is 3.16. The van der Waals surface area contributed by atoms with Crippen LogP contribution >= 0.6 is 0 Å². The Labute approximate surface area is 98.8 Å². The lowest BCUT2D eigenvalue weighted by Gasteiger charge is -2.04. The van der Waals surface area contributed by atoms with Crippen molar-refractivity contribution in [1.29, 1.82) is 0 Å². The number of ketones is 1. The van der Waals surface area contributed by atoms with Crippen LogP contribution in [0.3, 0.4) is 0 Å². The second kappa shape index (κ2) is 3.70. The monoisotopic (exact) mass is 225 g/mol. The summed E-state index contributed by atoms with van der Waals surface area (Å²) in [5.41, 5.74) is 3.26. The van der Waals surface area contributed by atoms with E-state index in [0.717, 1.165) is 24.0 Å². The minimum absolute atomic E-state index is 0.0449. The molecule has 0 unspecified atom stereocenters. The van der Waals surface area contributed by atoms with E-state index in [1.165, 1.54) is 0 Å². The number of phenolic OH excluding ortho intramolecular Hbond substituents is 1. The molecular weight excluding hydrogens is 214 g/mol. The van der Waals surface area contributed by atoms with E-state index in [1.54, 1.807) is 24.5 Å². The summed E-state index contributed by atoms with van der Waals surface area (Å²) in [6.45, 7) is 0. The molecule has 1 heterocycles. The minimum atomic E-state index is -0.0449. The number of carbonyl (C=O) groups is 1. The summed E-state index contributed by atoms with van der Waals surface area (Å²) in [6.07, 6.45) is 4.97. The van der Waals surface area contributed by atoms with Crippen molar-refractivity contribution in [3.8, 4) is 5.75 Å². The second-order valence-corrected chi connectivity index (χ2v) is 4.20. The largest absolute Gasteiger partial charge is 0.508 e. The standard InChI is InChI=1S/C14H11NO2/c16-11-4-3-9-1-2-10-5-6-15-8-13(10)14(17)12(9)7-11/h3-8,16H,1-2H2. The van der Waals surface area contributed by atoms with Gasteiger partial charge in [0.05, 0.1) is 0 Å². The first-order chi connectivity index (χ1) is 8.25. The van der Waals surface area contributed by atoms with Gasteiger partial charge in [0.2, 0.25) is 0 Å². The molecule has 0 saturated carbocycles. The predicted molar refractivity (Wildman–Crippen MR) is 63.2 cm³/mol.